The van der Waals surface area contributed by atoms with Gasteiger partial charge < -0.3 is 5.73 Å². The second-order valence-corrected chi connectivity index (χ2v) is 5.36. The first-order valence-electron chi connectivity index (χ1n) is 5.45. The van der Waals surface area contributed by atoms with Crippen LogP contribution >= 0.6 is 27.5 Å². The molecule has 0 unspecified atom stereocenters. The fourth-order valence-electron chi connectivity index (χ4n) is 1.98. The first kappa shape index (κ1) is 12.4. The van der Waals surface area contributed by atoms with Gasteiger partial charge in [0.1, 0.15) is 5.82 Å². The van der Waals surface area contributed by atoms with E-state index in [1.54, 1.807) is 22.8 Å². The largest absolute Gasteiger partial charge is 0.369 e. The lowest BCUT2D eigenvalue weighted by molar-refractivity contribution is 0.629. The average Bonchev–Trinajstić information content (AvgIpc) is 2.65. The van der Waals surface area contributed by atoms with Gasteiger partial charge in [-0.25, -0.2) is 9.37 Å². The highest BCUT2D eigenvalue weighted by Gasteiger charge is 2.13. The van der Waals surface area contributed by atoms with Gasteiger partial charge in [0.15, 0.2) is 0 Å². The highest BCUT2D eigenvalue weighted by Crippen LogP contribution is 2.30. The number of hydrogen-bond donors (Lipinski definition) is 1. The number of halogens is 3. The van der Waals surface area contributed by atoms with Gasteiger partial charge in [0.25, 0.3) is 0 Å². The summed E-state index contributed by atoms with van der Waals surface area (Å²) >= 11 is 9.54. The van der Waals surface area contributed by atoms with Crippen molar-refractivity contribution in [1.82, 2.24) is 9.55 Å². The molecule has 0 aliphatic heterocycles. The van der Waals surface area contributed by atoms with Gasteiger partial charge in [-0.1, -0.05) is 27.5 Å². The Morgan fingerprint density at radius 1 is 1.21 bits per heavy atom. The van der Waals surface area contributed by atoms with Crippen LogP contribution in [0.4, 0.5) is 10.3 Å². The summed E-state index contributed by atoms with van der Waals surface area (Å²) in [6.45, 7) is 0. The van der Waals surface area contributed by atoms with Gasteiger partial charge in [-0.2, -0.15) is 0 Å². The number of nitrogen functional groups attached to an aromatic ring is 1. The van der Waals surface area contributed by atoms with Gasteiger partial charge in [0.2, 0.25) is 5.95 Å². The minimum atomic E-state index is -0.345. The van der Waals surface area contributed by atoms with E-state index in [2.05, 4.69) is 20.9 Å². The lowest BCUT2D eigenvalue weighted by Gasteiger charge is -2.09. The lowest BCUT2D eigenvalue weighted by atomic mass is 10.2. The molecule has 19 heavy (non-hydrogen) atoms. The minimum Gasteiger partial charge on any atom is -0.369 e. The van der Waals surface area contributed by atoms with Crippen molar-refractivity contribution in [1.29, 1.82) is 0 Å². The zero-order chi connectivity index (χ0) is 13.6. The number of anilines is 1. The van der Waals surface area contributed by atoms with Crippen LogP contribution in [-0.4, -0.2) is 9.55 Å². The second-order valence-electron chi connectivity index (χ2n) is 4.03. The first-order valence-corrected chi connectivity index (χ1v) is 6.62. The quantitative estimate of drug-likeness (QED) is 0.723. The zero-order valence-corrected chi connectivity index (χ0v) is 11.9. The van der Waals surface area contributed by atoms with Crippen molar-refractivity contribution in [2.24, 2.45) is 0 Å². The van der Waals surface area contributed by atoms with Gasteiger partial charge in [0, 0.05) is 10.5 Å². The number of imidazole rings is 1. The third kappa shape index (κ3) is 2.09. The molecule has 0 atom stereocenters. The Hall–Kier alpha value is -1.59. The van der Waals surface area contributed by atoms with Crippen LogP contribution in [0.25, 0.3) is 16.7 Å². The molecule has 2 aromatic carbocycles. The summed E-state index contributed by atoms with van der Waals surface area (Å²) < 4.78 is 15.9. The Morgan fingerprint density at radius 3 is 2.74 bits per heavy atom. The highest BCUT2D eigenvalue weighted by molar-refractivity contribution is 9.10. The van der Waals surface area contributed by atoms with Crippen LogP contribution in [0.5, 0.6) is 0 Å². The Bertz CT molecular complexity index is 785. The van der Waals surface area contributed by atoms with Crippen molar-refractivity contribution in [2.75, 3.05) is 5.73 Å². The summed E-state index contributed by atoms with van der Waals surface area (Å²) in [7, 11) is 0. The Balaban J connectivity index is 2.35. The van der Waals surface area contributed by atoms with Crippen molar-refractivity contribution in [3.8, 4) is 5.69 Å². The summed E-state index contributed by atoms with van der Waals surface area (Å²) in [5, 5.41) is 0.504. The van der Waals surface area contributed by atoms with Gasteiger partial charge in [0.05, 0.1) is 21.7 Å². The maximum absolute atomic E-state index is 13.4. The number of nitrogens with zero attached hydrogens (tertiary/aromatic N) is 2. The van der Waals surface area contributed by atoms with E-state index in [1.165, 1.54) is 12.1 Å². The Kier molecular flexibility index (Phi) is 2.95. The molecule has 3 nitrogen and oxygen atoms in total. The molecule has 0 aliphatic rings. The predicted octanol–water partition coefficient (Wildman–Crippen LogP) is 4.16. The fourth-order valence-corrected chi connectivity index (χ4v) is 2.74. The second kappa shape index (κ2) is 4.51. The molecule has 3 rings (SSSR count). The van der Waals surface area contributed by atoms with Crippen LogP contribution in [0.2, 0.25) is 5.02 Å². The number of hydrogen-bond acceptors (Lipinski definition) is 2. The van der Waals surface area contributed by atoms with Crippen LogP contribution in [-0.2, 0) is 0 Å². The van der Waals surface area contributed by atoms with Gasteiger partial charge in [-0.3, -0.25) is 4.57 Å². The molecule has 1 aromatic heterocycles. The van der Waals surface area contributed by atoms with Crippen LogP contribution in [0.1, 0.15) is 0 Å². The molecule has 3 aromatic rings. The molecule has 0 saturated heterocycles. The highest BCUT2D eigenvalue weighted by atomic mass is 79.9. The molecular weight excluding hydrogens is 333 g/mol. The standard InChI is InChI=1S/C13H8BrClFN3/c14-7-1-4-11(9(15)5-7)19-12-6-8(16)2-3-10(12)18-13(19)17/h1-6H,(H2,17,18). The van der Waals surface area contributed by atoms with E-state index in [0.29, 0.717) is 21.7 Å². The molecule has 0 amide bonds. The van der Waals surface area contributed by atoms with Crippen molar-refractivity contribution in [2.45, 2.75) is 0 Å². The van der Waals surface area contributed by atoms with Crippen LogP contribution in [0, 0.1) is 5.82 Å². The number of benzene rings is 2. The molecule has 0 bridgehead atoms. The van der Waals surface area contributed by atoms with E-state index in [1.807, 2.05) is 6.07 Å². The van der Waals surface area contributed by atoms with E-state index in [0.717, 1.165) is 4.47 Å². The third-order valence-corrected chi connectivity index (χ3v) is 3.59. The normalized spacial score (nSPS) is 11.1. The minimum absolute atomic E-state index is 0.268. The Labute approximate surface area is 121 Å². The number of fused-ring (bicyclic) bond motifs is 1. The summed E-state index contributed by atoms with van der Waals surface area (Å²) in [6.07, 6.45) is 0. The predicted molar refractivity (Wildman–Crippen MR) is 78.2 cm³/mol. The summed E-state index contributed by atoms with van der Waals surface area (Å²) in [4.78, 5) is 4.20. The summed E-state index contributed by atoms with van der Waals surface area (Å²) in [5.41, 5.74) is 7.77. The van der Waals surface area contributed by atoms with Crippen molar-refractivity contribution in [3.05, 3.63) is 51.7 Å². The number of aromatic nitrogens is 2. The van der Waals surface area contributed by atoms with Crippen LogP contribution < -0.4 is 5.73 Å². The summed E-state index contributed by atoms with van der Waals surface area (Å²) in [5.74, 6) is -0.0771. The molecule has 0 spiro atoms. The first-order chi connectivity index (χ1) is 9.06. The van der Waals surface area contributed by atoms with E-state index >= 15 is 0 Å². The van der Waals surface area contributed by atoms with Crippen molar-refractivity contribution >= 4 is 44.5 Å². The van der Waals surface area contributed by atoms with E-state index in [-0.39, 0.29) is 11.8 Å². The van der Waals surface area contributed by atoms with Gasteiger partial charge in [-0.15, -0.1) is 0 Å². The maximum Gasteiger partial charge on any atom is 0.205 e. The van der Waals surface area contributed by atoms with Crippen LogP contribution in [0.15, 0.2) is 40.9 Å². The van der Waals surface area contributed by atoms with E-state index in [4.69, 9.17) is 17.3 Å². The topological polar surface area (TPSA) is 43.8 Å². The number of rotatable bonds is 1. The summed E-state index contributed by atoms with van der Waals surface area (Å²) in [6, 6.07) is 9.71. The average molecular weight is 341 g/mol. The molecule has 0 radical (unpaired) electrons. The molecule has 1 heterocycles. The molecule has 6 heteroatoms. The Morgan fingerprint density at radius 2 is 2.00 bits per heavy atom. The maximum atomic E-state index is 13.4. The molecule has 96 valence electrons. The fraction of sp³-hybridized carbons (Fsp3) is 0. The smallest absolute Gasteiger partial charge is 0.205 e. The molecule has 0 fully saturated rings. The molecule has 0 saturated carbocycles. The zero-order valence-electron chi connectivity index (χ0n) is 9.57. The van der Waals surface area contributed by atoms with Crippen molar-refractivity contribution in [3.63, 3.8) is 0 Å². The van der Waals surface area contributed by atoms with Crippen LogP contribution in [0.3, 0.4) is 0 Å². The van der Waals surface area contributed by atoms with Crippen molar-refractivity contribution < 1.29 is 4.39 Å². The molecule has 2 N–H and O–H groups in total. The third-order valence-electron chi connectivity index (χ3n) is 2.79. The monoisotopic (exact) mass is 339 g/mol. The van der Waals surface area contributed by atoms with Gasteiger partial charge in [-0.05, 0) is 30.3 Å². The molecule has 0 aliphatic carbocycles. The lowest BCUT2D eigenvalue weighted by Crippen LogP contribution is -2.01. The van der Waals surface area contributed by atoms with Gasteiger partial charge >= 0.3 is 0 Å². The van der Waals surface area contributed by atoms with E-state index < -0.39 is 0 Å². The number of nitrogens with two attached hydrogens (primary N) is 1. The molecular formula is C13H8BrClFN3. The van der Waals surface area contributed by atoms with E-state index in [9.17, 15) is 4.39 Å². The SMILES string of the molecule is Nc1nc2ccc(F)cc2n1-c1ccc(Br)cc1Cl.